The molecule has 0 unspecified atom stereocenters. The molecule has 17 heavy (non-hydrogen) atoms. The van der Waals surface area contributed by atoms with E-state index in [9.17, 15) is 5.11 Å². The van der Waals surface area contributed by atoms with E-state index in [2.05, 4.69) is 4.98 Å². The number of hydrogen-bond donors (Lipinski definition) is 1. The fourth-order valence-electron chi connectivity index (χ4n) is 1.31. The number of aromatic hydroxyl groups is 1. The van der Waals surface area contributed by atoms with Crippen molar-refractivity contribution in [1.29, 1.82) is 0 Å². The van der Waals surface area contributed by atoms with Crippen LogP contribution in [0, 0.1) is 0 Å². The second-order valence-corrected chi connectivity index (χ2v) is 4.28. The predicted molar refractivity (Wildman–Crippen MR) is 73.5 cm³/mol. The Hall–Kier alpha value is 0.0400. The van der Waals surface area contributed by atoms with Crippen LogP contribution < -0.4 is 0 Å². The van der Waals surface area contributed by atoms with E-state index in [1.807, 2.05) is 0 Å². The fourth-order valence-corrected chi connectivity index (χ4v) is 1.91. The molecule has 0 fully saturated rings. The molecule has 84 valence electrons. The summed E-state index contributed by atoms with van der Waals surface area (Å²) in [5, 5.41) is 10.5. The van der Waals surface area contributed by atoms with Gasteiger partial charge in [-0.05, 0) is 18.2 Å². The van der Waals surface area contributed by atoms with E-state index in [0.29, 0.717) is 16.3 Å². The summed E-state index contributed by atoms with van der Waals surface area (Å²) >= 11 is 17.6. The van der Waals surface area contributed by atoms with Crippen molar-refractivity contribution in [2.75, 3.05) is 0 Å². The standard InChI is InChI=1S/C11H6Cl3NO.Na.H/c12-7-5-8(13)11(14)15-10(7)6-3-1-2-4-9(6)16;;/h1-5,16H;;. The van der Waals surface area contributed by atoms with Crippen LogP contribution in [0.25, 0.3) is 11.3 Å². The van der Waals surface area contributed by atoms with Crippen molar-refractivity contribution in [3.63, 3.8) is 0 Å². The summed E-state index contributed by atoms with van der Waals surface area (Å²) in [7, 11) is 0. The zero-order valence-electron chi connectivity index (χ0n) is 7.92. The summed E-state index contributed by atoms with van der Waals surface area (Å²) in [5.41, 5.74) is 0.931. The molecule has 0 aliphatic heterocycles. The van der Waals surface area contributed by atoms with Crippen LogP contribution in [-0.4, -0.2) is 39.6 Å². The Bertz CT molecular complexity index is 548. The molecule has 1 aromatic carbocycles. The number of phenols is 1. The summed E-state index contributed by atoms with van der Waals surface area (Å²) in [6, 6.07) is 8.24. The van der Waals surface area contributed by atoms with E-state index in [1.54, 1.807) is 24.3 Å². The SMILES string of the molecule is Oc1ccccc1-c1nc(Cl)c(Cl)cc1Cl.[NaH]. The Morgan fingerprint density at radius 2 is 1.65 bits per heavy atom. The molecule has 0 saturated carbocycles. The van der Waals surface area contributed by atoms with Gasteiger partial charge in [0.15, 0.2) is 0 Å². The Kier molecular flexibility index (Phi) is 5.58. The van der Waals surface area contributed by atoms with Gasteiger partial charge in [0, 0.05) is 5.56 Å². The minimum absolute atomic E-state index is 0. The first-order chi connectivity index (χ1) is 7.59. The van der Waals surface area contributed by atoms with E-state index < -0.39 is 0 Å². The van der Waals surface area contributed by atoms with Gasteiger partial charge in [0.2, 0.25) is 0 Å². The Balaban J connectivity index is 0.00000144. The number of pyridine rings is 1. The molecule has 6 heteroatoms. The van der Waals surface area contributed by atoms with Gasteiger partial charge in [0.25, 0.3) is 0 Å². The first-order valence-corrected chi connectivity index (χ1v) is 5.53. The third-order valence-electron chi connectivity index (χ3n) is 2.05. The van der Waals surface area contributed by atoms with E-state index in [0.717, 1.165) is 0 Å². The molecule has 2 rings (SSSR count). The monoisotopic (exact) mass is 297 g/mol. The summed E-state index contributed by atoms with van der Waals surface area (Å²) in [5.74, 6) is 0.0929. The number of aromatic nitrogens is 1. The zero-order valence-corrected chi connectivity index (χ0v) is 10.2. The molecule has 0 bridgehead atoms. The molecule has 1 aromatic heterocycles. The van der Waals surface area contributed by atoms with Gasteiger partial charge in [-0.15, -0.1) is 0 Å². The topological polar surface area (TPSA) is 33.1 Å². The fraction of sp³-hybridized carbons (Fsp3) is 0. The van der Waals surface area contributed by atoms with E-state index in [1.165, 1.54) is 6.07 Å². The van der Waals surface area contributed by atoms with E-state index >= 15 is 0 Å². The quantitative estimate of drug-likeness (QED) is 0.642. The Morgan fingerprint density at radius 1 is 1.00 bits per heavy atom. The molecule has 1 heterocycles. The first-order valence-electron chi connectivity index (χ1n) is 4.39. The van der Waals surface area contributed by atoms with Crippen LogP contribution in [0.5, 0.6) is 5.75 Å². The molecule has 0 aliphatic rings. The molecule has 0 spiro atoms. The van der Waals surface area contributed by atoms with Gasteiger partial charge < -0.3 is 5.11 Å². The molecule has 1 N–H and O–H groups in total. The third-order valence-corrected chi connectivity index (χ3v) is 3.01. The van der Waals surface area contributed by atoms with Crippen LogP contribution >= 0.6 is 34.8 Å². The van der Waals surface area contributed by atoms with Gasteiger partial charge in [0.1, 0.15) is 10.9 Å². The number of benzene rings is 1. The van der Waals surface area contributed by atoms with Crippen LogP contribution in [0.3, 0.4) is 0 Å². The molecular weight excluding hydrogens is 291 g/mol. The number of para-hydroxylation sites is 1. The molecule has 0 amide bonds. The van der Waals surface area contributed by atoms with Gasteiger partial charge in [-0.25, -0.2) is 4.98 Å². The van der Waals surface area contributed by atoms with Crippen LogP contribution in [0.4, 0.5) is 0 Å². The van der Waals surface area contributed by atoms with Crippen LogP contribution in [0.15, 0.2) is 30.3 Å². The van der Waals surface area contributed by atoms with Gasteiger partial charge in [-0.2, -0.15) is 0 Å². The van der Waals surface area contributed by atoms with Gasteiger partial charge in [-0.1, -0.05) is 46.9 Å². The summed E-state index contributed by atoms with van der Waals surface area (Å²) < 4.78 is 0. The summed E-state index contributed by atoms with van der Waals surface area (Å²) in [6.45, 7) is 0. The molecule has 0 saturated heterocycles. The molecule has 0 aliphatic carbocycles. The molecule has 0 atom stereocenters. The van der Waals surface area contributed by atoms with E-state index in [4.69, 9.17) is 34.8 Å². The van der Waals surface area contributed by atoms with Crippen LogP contribution in [0.1, 0.15) is 0 Å². The van der Waals surface area contributed by atoms with Crippen molar-refractivity contribution in [1.82, 2.24) is 4.98 Å². The number of halogens is 3. The zero-order chi connectivity index (χ0) is 11.7. The van der Waals surface area contributed by atoms with Gasteiger partial charge in [0.05, 0.1) is 15.7 Å². The summed E-state index contributed by atoms with van der Waals surface area (Å²) in [4.78, 5) is 4.04. The second-order valence-electron chi connectivity index (χ2n) is 3.11. The average Bonchev–Trinajstić information content (AvgIpc) is 2.25. The molecule has 2 aromatic rings. The maximum atomic E-state index is 9.67. The first kappa shape index (κ1) is 15.1. The number of hydrogen-bond acceptors (Lipinski definition) is 2. The van der Waals surface area contributed by atoms with Crippen molar-refractivity contribution in [2.45, 2.75) is 0 Å². The summed E-state index contributed by atoms with van der Waals surface area (Å²) in [6.07, 6.45) is 0. The van der Waals surface area contributed by atoms with Gasteiger partial charge in [-0.3, -0.25) is 0 Å². The van der Waals surface area contributed by atoms with Gasteiger partial charge >= 0.3 is 29.6 Å². The Morgan fingerprint density at radius 3 is 2.29 bits per heavy atom. The predicted octanol–water partition coefficient (Wildman–Crippen LogP) is 3.77. The maximum absolute atomic E-state index is 9.67. The van der Waals surface area contributed by atoms with Crippen LogP contribution in [0.2, 0.25) is 15.2 Å². The molecule has 0 radical (unpaired) electrons. The van der Waals surface area contributed by atoms with Crippen molar-refractivity contribution in [3.05, 3.63) is 45.5 Å². The van der Waals surface area contributed by atoms with Crippen molar-refractivity contribution in [3.8, 4) is 17.0 Å². The molecular formula is C11H7Cl3NNaO. The second kappa shape index (κ2) is 6.28. The van der Waals surface area contributed by atoms with Crippen molar-refractivity contribution < 1.29 is 5.11 Å². The average molecular weight is 299 g/mol. The number of rotatable bonds is 1. The number of phenolic OH excluding ortho intramolecular Hbond substituents is 1. The molecule has 2 nitrogen and oxygen atoms in total. The third kappa shape index (κ3) is 3.28. The van der Waals surface area contributed by atoms with Crippen LogP contribution in [-0.2, 0) is 0 Å². The Labute approximate surface area is 136 Å². The number of nitrogens with zero attached hydrogens (tertiary/aromatic N) is 1. The minimum atomic E-state index is 0. The normalized spacial score (nSPS) is 9.82. The van der Waals surface area contributed by atoms with E-state index in [-0.39, 0.29) is 45.5 Å². The van der Waals surface area contributed by atoms with Crippen molar-refractivity contribution >= 4 is 64.4 Å². The van der Waals surface area contributed by atoms with Crippen molar-refractivity contribution in [2.24, 2.45) is 0 Å².